The molecule has 0 aliphatic heterocycles. The monoisotopic (exact) mass is 298 g/mol. The third-order valence-corrected chi connectivity index (χ3v) is 3.10. The second-order valence-electron chi connectivity index (χ2n) is 4.71. The first-order valence-electron chi connectivity index (χ1n) is 5.70. The quantitative estimate of drug-likeness (QED) is 0.898. The van der Waals surface area contributed by atoms with Crippen molar-refractivity contribution < 1.29 is 4.79 Å². The maximum Gasteiger partial charge on any atom is 0.239 e. The van der Waals surface area contributed by atoms with E-state index in [1.807, 2.05) is 31.2 Å². The Labute approximate surface area is 111 Å². The standard InChI is InChI=1S/C13H19BrN2O/c1-4-11(16-12(17)13(2,3)15)9-5-7-10(14)8-6-9/h5-8,11H,4,15H2,1-3H3,(H,16,17). The Morgan fingerprint density at radius 1 is 1.41 bits per heavy atom. The number of nitrogens with two attached hydrogens (primary N) is 1. The first kappa shape index (κ1) is 14.2. The van der Waals surface area contributed by atoms with Crippen molar-refractivity contribution in [1.82, 2.24) is 5.32 Å². The van der Waals surface area contributed by atoms with Gasteiger partial charge in [-0.1, -0.05) is 35.0 Å². The van der Waals surface area contributed by atoms with Crippen molar-refractivity contribution in [2.45, 2.75) is 38.8 Å². The molecule has 1 aromatic carbocycles. The molecule has 94 valence electrons. The molecule has 0 fully saturated rings. The fourth-order valence-corrected chi connectivity index (χ4v) is 1.72. The van der Waals surface area contributed by atoms with E-state index in [4.69, 9.17) is 5.73 Å². The molecule has 0 radical (unpaired) electrons. The summed E-state index contributed by atoms with van der Waals surface area (Å²) < 4.78 is 1.03. The van der Waals surface area contributed by atoms with Gasteiger partial charge in [-0.15, -0.1) is 0 Å². The van der Waals surface area contributed by atoms with Gasteiger partial charge in [-0.25, -0.2) is 0 Å². The van der Waals surface area contributed by atoms with Gasteiger partial charge in [0.1, 0.15) is 0 Å². The number of hydrogen-bond acceptors (Lipinski definition) is 2. The van der Waals surface area contributed by atoms with Crippen molar-refractivity contribution in [2.24, 2.45) is 5.73 Å². The first-order valence-corrected chi connectivity index (χ1v) is 6.49. The molecule has 1 rings (SSSR count). The molecule has 17 heavy (non-hydrogen) atoms. The Balaban J connectivity index is 2.79. The van der Waals surface area contributed by atoms with E-state index in [2.05, 4.69) is 21.2 Å². The second-order valence-corrected chi connectivity index (χ2v) is 5.62. The van der Waals surface area contributed by atoms with Gasteiger partial charge >= 0.3 is 0 Å². The van der Waals surface area contributed by atoms with E-state index in [1.165, 1.54) is 0 Å². The maximum atomic E-state index is 11.8. The van der Waals surface area contributed by atoms with Gasteiger partial charge in [0.05, 0.1) is 11.6 Å². The van der Waals surface area contributed by atoms with Gasteiger partial charge in [-0.05, 0) is 38.0 Å². The Bertz CT molecular complexity index is 381. The Morgan fingerprint density at radius 2 is 1.94 bits per heavy atom. The third kappa shape index (κ3) is 4.13. The fraction of sp³-hybridized carbons (Fsp3) is 0.462. The normalized spacial score (nSPS) is 13.2. The SMILES string of the molecule is CCC(NC(=O)C(C)(C)N)c1ccc(Br)cc1. The number of nitrogens with one attached hydrogen (secondary N) is 1. The topological polar surface area (TPSA) is 55.1 Å². The summed E-state index contributed by atoms with van der Waals surface area (Å²) in [6.07, 6.45) is 0.837. The summed E-state index contributed by atoms with van der Waals surface area (Å²) in [6, 6.07) is 7.96. The number of carbonyl (C=O) groups is 1. The molecule has 1 aromatic rings. The average molecular weight is 299 g/mol. The largest absolute Gasteiger partial charge is 0.348 e. The lowest BCUT2D eigenvalue weighted by atomic mass is 10.0. The summed E-state index contributed by atoms with van der Waals surface area (Å²) in [7, 11) is 0. The van der Waals surface area contributed by atoms with Crippen LogP contribution in [0.2, 0.25) is 0 Å². The zero-order valence-electron chi connectivity index (χ0n) is 10.5. The lowest BCUT2D eigenvalue weighted by molar-refractivity contribution is -0.126. The van der Waals surface area contributed by atoms with Crippen LogP contribution in [0.25, 0.3) is 0 Å². The maximum absolute atomic E-state index is 11.8. The minimum atomic E-state index is -0.844. The molecule has 4 heteroatoms. The third-order valence-electron chi connectivity index (χ3n) is 2.57. The highest BCUT2D eigenvalue weighted by molar-refractivity contribution is 9.10. The van der Waals surface area contributed by atoms with Gasteiger partial charge in [0, 0.05) is 4.47 Å². The van der Waals surface area contributed by atoms with E-state index in [-0.39, 0.29) is 11.9 Å². The Hall–Kier alpha value is -0.870. The van der Waals surface area contributed by atoms with Crippen LogP contribution in [0.4, 0.5) is 0 Å². The predicted molar refractivity (Wildman–Crippen MR) is 73.6 cm³/mol. The van der Waals surface area contributed by atoms with Crippen LogP contribution in [0.5, 0.6) is 0 Å². The van der Waals surface area contributed by atoms with Crippen molar-refractivity contribution >= 4 is 21.8 Å². The van der Waals surface area contributed by atoms with Crippen LogP contribution in [-0.2, 0) is 4.79 Å². The van der Waals surface area contributed by atoms with Crippen molar-refractivity contribution in [3.8, 4) is 0 Å². The summed E-state index contributed by atoms with van der Waals surface area (Å²) in [6.45, 7) is 5.45. The van der Waals surface area contributed by atoms with Gasteiger partial charge in [-0.2, -0.15) is 0 Å². The van der Waals surface area contributed by atoms with Crippen LogP contribution in [-0.4, -0.2) is 11.4 Å². The number of halogens is 1. The van der Waals surface area contributed by atoms with Gasteiger partial charge in [-0.3, -0.25) is 4.79 Å². The molecule has 3 N–H and O–H groups in total. The summed E-state index contributed by atoms with van der Waals surface area (Å²) in [5, 5.41) is 2.96. The average Bonchev–Trinajstić information content (AvgIpc) is 2.25. The molecule has 0 spiro atoms. The molecular formula is C13H19BrN2O. The summed E-state index contributed by atoms with van der Waals surface area (Å²) in [4.78, 5) is 11.8. The van der Waals surface area contributed by atoms with E-state index >= 15 is 0 Å². The van der Waals surface area contributed by atoms with Crippen LogP contribution >= 0.6 is 15.9 Å². The van der Waals surface area contributed by atoms with Gasteiger partial charge < -0.3 is 11.1 Å². The molecule has 1 amide bonds. The van der Waals surface area contributed by atoms with E-state index in [0.29, 0.717) is 0 Å². The van der Waals surface area contributed by atoms with Crippen molar-refractivity contribution in [3.05, 3.63) is 34.3 Å². The van der Waals surface area contributed by atoms with Crippen LogP contribution < -0.4 is 11.1 Å². The van der Waals surface area contributed by atoms with E-state index in [0.717, 1.165) is 16.5 Å². The van der Waals surface area contributed by atoms with Gasteiger partial charge in [0.15, 0.2) is 0 Å². The van der Waals surface area contributed by atoms with Crippen molar-refractivity contribution in [2.75, 3.05) is 0 Å². The van der Waals surface area contributed by atoms with Crippen molar-refractivity contribution in [3.63, 3.8) is 0 Å². The van der Waals surface area contributed by atoms with Crippen LogP contribution in [0.15, 0.2) is 28.7 Å². The molecule has 0 bridgehead atoms. The number of carbonyl (C=O) groups excluding carboxylic acids is 1. The van der Waals surface area contributed by atoms with E-state index in [9.17, 15) is 4.79 Å². The minimum absolute atomic E-state index is 0.0124. The molecule has 0 aliphatic rings. The lowest BCUT2D eigenvalue weighted by Gasteiger charge is -2.23. The minimum Gasteiger partial charge on any atom is -0.348 e. The smallest absolute Gasteiger partial charge is 0.239 e. The lowest BCUT2D eigenvalue weighted by Crippen LogP contribution is -2.49. The summed E-state index contributed by atoms with van der Waals surface area (Å²) in [5.74, 6) is -0.132. The van der Waals surface area contributed by atoms with E-state index in [1.54, 1.807) is 13.8 Å². The fourth-order valence-electron chi connectivity index (χ4n) is 1.46. The zero-order valence-corrected chi connectivity index (χ0v) is 12.0. The molecule has 0 saturated heterocycles. The van der Waals surface area contributed by atoms with Crippen LogP contribution in [0, 0.1) is 0 Å². The van der Waals surface area contributed by atoms with Crippen molar-refractivity contribution in [1.29, 1.82) is 0 Å². The highest BCUT2D eigenvalue weighted by atomic mass is 79.9. The molecule has 0 saturated carbocycles. The molecule has 0 aliphatic carbocycles. The molecule has 0 aromatic heterocycles. The highest BCUT2D eigenvalue weighted by Crippen LogP contribution is 2.20. The van der Waals surface area contributed by atoms with E-state index < -0.39 is 5.54 Å². The second kappa shape index (κ2) is 5.65. The first-order chi connectivity index (χ1) is 7.84. The molecule has 0 heterocycles. The van der Waals surface area contributed by atoms with Crippen LogP contribution in [0.1, 0.15) is 38.8 Å². The Kier molecular flexibility index (Phi) is 4.71. The molecule has 1 unspecified atom stereocenters. The zero-order chi connectivity index (χ0) is 13.1. The summed E-state index contributed by atoms with van der Waals surface area (Å²) in [5.41, 5.74) is 6.01. The summed E-state index contributed by atoms with van der Waals surface area (Å²) >= 11 is 3.39. The molecular weight excluding hydrogens is 280 g/mol. The number of hydrogen-bond donors (Lipinski definition) is 2. The number of amides is 1. The van der Waals surface area contributed by atoms with Crippen LogP contribution in [0.3, 0.4) is 0 Å². The van der Waals surface area contributed by atoms with Gasteiger partial charge in [0.2, 0.25) is 5.91 Å². The molecule has 3 nitrogen and oxygen atoms in total. The predicted octanol–water partition coefficient (Wildman–Crippen LogP) is 2.75. The molecule has 1 atom stereocenters. The highest BCUT2D eigenvalue weighted by Gasteiger charge is 2.24. The van der Waals surface area contributed by atoms with Gasteiger partial charge in [0.25, 0.3) is 0 Å². The number of rotatable bonds is 4. The number of benzene rings is 1. The Morgan fingerprint density at radius 3 is 2.35 bits per heavy atom.